The molecule has 0 spiro atoms. The molecule has 1 aliphatic rings. The summed E-state index contributed by atoms with van der Waals surface area (Å²) in [6.45, 7) is 6.53. The molecule has 0 bridgehead atoms. The van der Waals surface area contributed by atoms with Crippen LogP contribution >= 0.6 is 0 Å². The van der Waals surface area contributed by atoms with Crippen molar-refractivity contribution in [3.05, 3.63) is 35.5 Å². The zero-order chi connectivity index (χ0) is 18.8. The van der Waals surface area contributed by atoms with E-state index < -0.39 is 11.7 Å². The number of carbonyl (C=O) groups excluding carboxylic acids is 3. The number of piperidine rings is 1. The normalized spacial score (nSPS) is 15.5. The van der Waals surface area contributed by atoms with E-state index in [0.29, 0.717) is 37.2 Å². The first-order valence-electron chi connectivity index (χ1n) is 9.09. The first-order valence-corrected chi connectivity index (χ1v) is 9.09. The van der Waals surface area contributed by atoms with E-state index in [1.54, 1.807) is 4.90 Å². The van der Waals surface area contributed by atoms with Crippen molar-refractivity contribution < 1.29 is 14.4 Å². The van der Waals surface area contributed by atoms with Crippen molar-refractivity contribution in [2.75, 3.05) is 13.1 Å². The summed E-state index contributed by atoms with van der Waals surface area (Å²) < 4.78 is 0. The van der Waals surface area contributed by atoms with Crippen molar-refractivity contribution in [1.82, 2.24) is 15.2 Å². The van der Waals surface area contributed by atoms with Crippen molar-refractivity contribution in [3.8, 4) is 0 Å². The number of para-hydroxylation sites is 1. The van der Waals surface area contributed by atoms with E-state index in [0.717, 1.165) is 10.9 Å². The fourth-order valence-corrected chi connectivity index (χ4v) is 3.57. The molecule has 0 aliphatic carbocycles. The quantitative estimate of drug-likeness (QED) is 0.653. The van der Waals surface area contributed by atoms with E-state index in [9.17, 15) is 14.4 Å². The fourth-order valence-electron chi connectivity index (χ4n) is 3.57. The number of fused-ring (bicyclic) bond motifs is 1. The van der Waals surface area contributed by atoms with Crippen LogP contribution in [0.25, 0.3) is 10.9 Å². The van der Waals surface area contributed by atoms with Gasteiger partial charge >= 0.3 is 0 Å². The number of Topliss-reactive ketones (excluding diaryl/α,β-unsaturated/α-hetero) is 1. The highest BCUT2D eigenvalue weighted by Crippen LogP contribution is 2.24. The van der Waals surface area contributed by atoms with Gasteiger partial charge in [0.25, 0.3) is 11.7 Å². The predicted octanol–water partition coefficient (Wildman–Crippen LogP) is 2.42. The van der Waals surface area contributed by atoms with Crippen LogP contribution in [-0.4, -0.2) is 46.6 Å². The lowest BCUT2D eigenvalue weighted by Gasteiger charge is -2.31. The smallest absolute Gasteiger partial charge is 0.295 e. The fraction of sp³-hybridized carbons (Fsp3) is 0.450. The number of benzene rings is 1. The minimum Gasteiger partial charge on any atom is -0.358 e. The molecule has 26 heavy (non-hydrogen) atoms. The van der Waals surface area contributed by atoms with Crippen molar-refractivity contribution in [3.63, 3.8) is 0 Å². The van der Waals surface area contributed by atoms with E-state index in [1.807, 2.05) is 45.0 Å². The van der Waals surface area contributed by atoms with E-state index in [4.69, 9.17) is 0 Å². The lowest BCUT2D eigenvalue weighted by molar-refractivity contribution is -0.132. The summed E-state index contributed by atoms with van der Waals surface area (Å²) in [6.07, 6.45) is 1.18. The molecule has 1 aliphatic heterocycles. The maximum Gasteiger partial charge on any atom is 0.295 e. The molecule has 2 heterocycles. The van der Waals surface area contributed by atoms with Gasteiger partial charge in [-0.3, -0.25) is 14.4 Å². The van der Waals surface area contributed by atoms with Gasteiger partial charge in [0.05, 0.1) is 5.56 Å². The Kier molecular flexibility index (Phi) is 5.11. The molecule has 1 aromatic carbocycles. The van der Waals surface area contributed by atoms with Crippen LogP contribution in [0.4, 0.5) is 0 Å². The number of carbonyl (C=O) groups is 3. The highest BCUT2D eigenvalue weighted by Gasteiger charge is 2.32. The molecule has 2 N–H and O–H groups in total. The average molecular weight is 355 g/mol. The lowest BCUT2D eigenvalue weighted by Crippen LogP contribution is -2.46. The number of aromatic nitrogens is 1. The van der Waals surface area contributed by atoms with Crippen LogP contribution in [0.5, 0.6) is 0 Å². The van der Waals surface area contributed by atoms with Gasteiger partial charge in [-0.05, 0) is 39.7 Å². The Hall–Kier alpha value is -2.63. The molecule has 2 amide bonds. The Morgan fingerprint density at radius 3 is 2.46 bits per heavy atom. The monoisotopic (exact) mass is 355 g/mol. The molecule has 0 atom stereocenters. The number of hydrogen-bond acceptors (Lipinski definition) is 3. The highest BCUT2D eigenvalue weighted by molar-refractivity contribution is 6.45. The van der Waals surface area contributed by atoms with Crippen molar-refractivity contribution in [1.29, 1.82) is 0 Å². The predicted molar refractivity (Wildman–Crippen MR) is 99.9 cm³/mol. The molecule has 2 aromatic rings. The Bertz CT molecular complexity index is 845. The minimum absolute atomic E-state index is 0.0332. The molecule has 0 saturated carbocycles. The number of rotatable bonds is 4. The summed E-state index contributed by atoms with van der Waals surface area (Å²) in [5.74, 6) is -1.03. The third-order valence-corrected chi connectivity index (χ3v) is 4.90. The van der Waals surface area contributed by atoms with E-state index in [1.165, 1.54) is 0 Å². The number of aromatic amines is 1. The van der Waals surface area contributed by atoms with Crippen LogP contribution < -0.4 is 5.32 Å². The number of ketones is 1. The number of nitrogens with zero attached hydrogens (tertiary/aromatic N) is 1. The summed E-state index contributed by atoms with van der Waals surface area (Å²) in [4.78, 5) is 42.4. The molecule has 1 saturated heterocycles. The summed E-state index contributed by atoms with van der Waals surface area (Å²) in [6, 6.07) is 7.59. The van der Waals surface area contributed by atoms with Gasteiger partial charge in [0.15, 0.2) is 0 Å². The summed E-state index contributed by atoms with van der Waals surface area (Å²) in [5, 5.41) is 3.69. The van der Waals surface area contributed by atoms with Crippen LogP contribution in [0, 0.1) is 12.8 Å². The van der Waals surface area contributed by atoms with Gasteiger partial charge in [-0.15, -0.1) is 0 Å². The zero-order valence-corrected chi connectivity index (χ0v) is 15.5. The maximum absolute atomic E-state index is 12.8. The molecule has 138 valence electrons. The van der Waals surface area contributed by atoms with E-state index >= 15 is 0 Å². The van der Waals surface area contributed by atoms with Gasteiger partial charge in [-0.2, -0.15) is 0 Å². The average Bonchev–Trinajstić information content (AvgIpc) is 2.95. The number of amides is 2. The van der Waals surface area contributed by atoms with Crippen molar-refractivity contribution in [2.45, 2.75) is 39.7 Å². The van der Waals surface area contributed by atoms with Gasteiger partial charge < -0.3 is 15.2 Å². The topological polar surface area (TPSA) is 82.3 Å². The third-order valence-electron chi connectivity index (χ3n) is 4.90. The Labute approximate surface area is 152 Å². The van der Waals surface area contributed by atoms with Crippen LogP contribution in [0.15, 0.2) is 24.3 Å². The second-order valence-corrected chi connectivity index (χ2v) is 7.23. The van der Waals surface area contributed by atoms with Gasteiger partial charge in [0, 0.05) is 41.6 Å². The Morgan fingerprint density at radius 1 is 1.15 bits per heavy atom. The molecule has 3 rings (SSSR count). The van der Waals surface area contributed by atoms with Crippen molar-refractivity contribution >= 4 is 28.5 Å². The molecule has 6 nitrogen and oxygen atoms in total. The first kappa shape index (κ1) is 18.2. The van der Waals surface area contributed by atoms with Gasteiger partial charge in [-0.25, -0.2) is 0 Å². The molecular formula is C20H25N3O3. The summed E-state index contributed by atoms with van der Waals surface area (Å²) in [7, 11) is 0. The van der Waals surface area contributed by atoms with Crippen LogP contribution in [0.3, 0.4) is 0 Å². The SMILES string of the molecule is Cc1[nH]c2ccccc2c1C(=O)C(=O)N1CCC(C(=O)NC(C)C)CC1. The van der Waals surface area contributed by atoms with Crippen molar-refractivity contribution in [2.24, 2.45) is 5.92 Å². The second-order valence-electron chi connectivity index (χ2n) is 7.23. The first-order chi connectivity index (χ1) is 12.4. The third kappa shape index (κ3) is 3.49. The lowest BCUT2D eigenvalue weighted by atomic mass is 9.95. The number of hydrogen-bond donors (Lipinski definition) is 2. The van der Waals surface area contributed by atoms with Crippen LogP contribution in [0.2, 0.25) is 0 Å². The zero-order valence-electron chi connectivity index (χ0n) is 15.5. The van der Waals surface area contributed by atoms with Gasteiger partial charge in [0.1, 0.15) is 0 Å². The Morgan fingerprint density at radius 2 is 1.81 bits per heavy atom. The molecule has 1 aromatic heterocycles. The minimum atomic E-state index is -0.486. The summed E-state index contributed by atoms with van der Waals surface area (Å²) in [5.41, 5.74) is 2.01. The second kappa shape index (κ2) is 7.32. The standard InChI is InChI=1S/C20H25N3O3/c1-12(2)21-19(25)14-8-10-23(11-9-14)20(26)18(24)17-13(3)22-16-7-5-4-6-15(16)17/h4-7,12,14,22H,8-11H2,1-3H3,(H,21,25). The number of H-pyrrole nitrogens is 1. The molecule has 6 heteroatoms. The molecule has 0 unspecified atom stereocenters. The van der Waals surface area contributed by atoms with Crippen LogP contribution in [-0.2, 0) is 9.59 Å². The van der Waals surface area contributed by atoms with Gasteiger partial charge in [-0.1, -0.05) is 18.2 Å². The Balaban J connectivity index is 1.69. The number of aryl methyl sites for hydroxylation is 1. The van der Waals surface area contributed by atoms with E-state index in [-0.39, 0.29) is 17.9 Å². The highest BCUT2D eigenvalue weighted by atomic mass is 16.2. The summed E-state index contributed by atoms with van der Waals surface area (Å²) >= 11 is 0. The number of nitrogens with one attached hydrogen (secondary N) is 2. The van der Waals surface area contributed by atoms with Crippen LogP contribution in [0.1, 0.15) is 42.7 Å². The van der Waals surface area contributed by atoms with Gasteiger partial charge in [0.2, 0.25) is 5.91 Å². The molecular weight excluding hydrogens is 330 g/mol. The number of likely N-dealkylation sites (tertiary alicyclic amines) is 1. The van der Waals surface area contributed by atoms with E-state index in [2.05, 4.69) is 10.3 Å². The molecule has 0 radical (unpaired) electrons. The molecule has 1 fully saturated rings. The maximum atomic E-state index is 12.8. The largest absolute Gasteiger partial charge is 0.358 e.